The van der Waals surface area contributed by atoms with Gasteiger partial charge in [0.15, 0.2) is 5.13 Å². The van der Waals surface area contributed by atoms with Gasteiger partial charge in [-0.25, -0.2) is 9.78 Å². The number of nitrogens with zero attached hydrogens (tertiary/aromatic N) is 1. The Hall–Kier alpha value is -2.40. The Morgan fingerprint density at radius 3 is 2.71 bits per heavy atom. The lowest BCUT2D eigenvalue weighted by molar-refractivity contribution is 0.0696. The zero-order valence-electron chi connectivity index (χ0n) is 11.7. The molecule has 0 spiro atoms. The first-order valence-corrected chi connectivity index (χ1v) is 7.33. The number of fused-ring (bicyclic) bond motifs is 1. The summed E-state index contributed by atoms with van der Waals surface area (Å²) < 4.78 is 1.14. The molecule has 0 aliphatic carbocycles. The summed E-state index contributed by atoms with van der Waals surface area (Å²) in [4.78, 5) is 15.5. The molecular formula is C16H14N2O2S. The number of hydrogen-bond donors (Lipinski definition) is 2. The van der Waals surface area contributed by atoms with Crippen LogP contribution in [0.4, 0.5) is 10.8 Å². The highest BCUT2D eigenvalue weighted by molar-refractivity contribution is 7.22. The van der Waals surface area contributed by atoms with Crippen molar-refractivity contribution < 1.29 is 9.90 Å². The van der Waals surface area contributed by atoms with E-state index < -0.39 is 5.97 Å². The van der Waals surface area contributed by atoms with E-state index in [-0.39, 0.29) is 0 Å². The number of anilines is 2. The number of carboxylic acids is 1. The molecule has 0 saturated carbocycles. The fourth-order valence-corrected chi connectivity index (χ4v) is 3.17. The summed E-state index contributed by atoms with van der Waals surface area (Å²) in [6, 6.07) is 11.3. The summed E-state index contributed by atoms with van der Waals surface area (Å²) in [6.45, 7) is 3.84. The van der Waals surface area contributed by atoms with Gasteiger partial charge in [-0.2, -0.15) is 0 Å². The predicted octanol–water partition coefficient (Wildman–Crippen LogP) is 4.35. The lowest BCUT2D eigenvalue weighted by Crippen LogP contribution is -2.00. The van der Waals surface area contributed by atoms with Crippen molar-refractivity contribution in [3.05, 3.63) is 53.1 Å². The van der Waals surface area contributed by atoms with Crippen molar-refractivity contribution in [2.45, 2.75) is 13.8 Å². The Kier molecular flexibility index (Phi) is 3.35. The zero-order chi connectivity index (χ0) is 15.0. The average molecular weight is 298 g/mol. The highest BCUT2D eigenvalue weighted by Crippen LogP contribution is 2.29. The van der Waals surface area contributed by atoms with Gasteiger partial charge in [-0.1, -0.05) is 17.4 Å². The smallest absolute Gasteiger partial charge is 0.335 e. The van der Waals surface area contributed by atoms with E-state index in [2.05, 4.69) is 23.3 Å². The molecule has 0 radical (unpaired) electrons. The van der Waals surface area contributed by atoms with Gasteiger partial charge in [-0.15, -0.1) is 0 Å². The number of carbonyl (C=O) groups is 1. The van der Waals surface area contributed by atoms with E-state index in [1.54, 1.807) is 30.4 Å². The van der Waals surface area contributed by atoms with Gasteiger partial charge in [0.25, 0.3) is 0 Å². The molecule has 1 heterocycles. The maximum atomic E-state index is 11.0. The molecule has 5 heteroatoms. The fourth-order valence-electron chi connectivity index (χ4n) is 2.19. The van der Waals surface area contributed by atoms with Crippen LogP contribution in [-0.4, -0.2) is 16.1 Å². The topological polar surface area (TPSA) is 62.2 Å². The molecule has 0 atom stereocenters. The van der Waals surface area contributed by atoms with Crippen LogP contribution in [-0.2, 0) is 0 Å². The monoisotopic (exact) mass is 298 g/mol. The minimum atomic E-state index is -0.908. The fraction of sp³-hybridized carbons (Fsp3) is 0.125. The molecule has 0 fully saturated rings. The summed E-state index contributed by atoms with van der Waals surface area (Å²) >= 11 is 1.58. The summed E-state index contributed by atoms with van der Waals surface area (Å²) in [5, 5.41) is 13.1. The Balaban J connectivity index is 1.91. The Labute approximate surface area is 126 Å². The molecule has 2 N–H and O–H groups in total. The Morgan fingerprint density at radius 2 is 2.00 bits per heavy atom. The van der Waals surface area contributed by atoms with Crippen molar-refractivity contribution in [3.63, 3.8) is 0 Å². The second kappa shape index (κ2) is 5.18. The number of thiazole rings is 1. The van der Waals surface area contributed by atoms with Crippen LogP contribution >= 0.6 is 11.3 Å². The second-order valence-electron chi connectivity index (χ2n) is 4.95. The van der Waals surface area contributed by atoms with Crippen molar-refractivity contribution >= 4 is 38.3 Å². The van der Waals surface area contributed by atoms with E-state index in [1.165, 1.54) is 5.56 Å². The number of carboxylic acid groups (broad SMARTS) is 1. The average Bonchev–Trinajstić information content (AvgIpc) is 2.79. The highest BCUT2D eigenvalue weighted by Gasteiger charge is 2.09. The zero-order valence-corrected chi connectivity index (χ0v) is 12.5. The van der Waals surface area contributed by atoms with Crippen LogP contribution in [0.25, 0.3) is 10.2 Å². The summed E-state index contributed by atoms with van der Waals surface area (Å²) in [7, 11) is 0. The molecule has 3 rings (SSSR count). The first kappa shape index (κ1) is 13.6. The molecule has 1 aromatic heterocycles. The molecule has 106 valence electrons. The lowest BCUT2D eigenvalue weighted by Gasteiger charge is -2.05. The highest BCUT2D eigenvalue weighted by atomic mass is 32.1. The van der Waals surface area contributed by atoms with Crippen molar-refractivity contribution in [1.29, 1.82) is 0 Å². The number of aromatic nitrogens is 1. The maximum absolute atomic E-state index is 11.0. The largest absolute Gasteiger partial charge is 0.478 e. The van der Waals surface area contributed by atoms with Gasteiger partial charge in [0, 0.05) is 5.69 Å². The van der Waals surface area contributed by atoms with Crippen LogP contribution < -0.4 is 5.32 Å². The molecule has 0 bridgehead atoms. The first-order chi connectivity index (χ1) is 10.0. The summed E-state index contributed by atoms with van der Waals surface area (Å²) in [5.41, 5.74) is 4.06. The summed E-state index contributed by atoms with van der Waals surface area (Å²) in [6.07, 6.45) is 0. The van der Waals surface area contributed by atoms with E-state index in [0.29, 0.717) is 5.56 Å². The van der Waals surface area contributed by atoms with Crippen LogP contribution in [0, 0.1) is 13.8 Å². The number of benzene rings is 2. The maximum Gasteiger partial charge on any atom is 0.335 e. The molecule has 21 heavy (non-hydrogen) atoms. The van der Waals surface area contributed by atoms with Crippen molar-refractivity contribution in [2.24, 2.45) is 0 Å². The second-order valence-corrected chi connectivity index (χ2v) is 5.98. The minimum absolute atomic E-state index is 0.320. The number of nitrogens with one attached hydrogen (secondary N) is 1. The van der Waals surface area contributed by atoms with E-state index in [9.17, 15) is 4.79 Å². The normalized spacial score (nSPS) is 10.8. The Bertz CT molecular complexity index is 839. The van der Waals surface area contributed by atoms with Gasteiger partial charge in [-0.05, 0) is 55.3 Å². The van der Waals surface area contributed by atoms with Crippen LogP contribution in [0.5, 0.6) is 0 Å². The number of aromatic carboxylic acids is 1. The van der Waals surface area contributed by atoms with Gasteiger partial charge in [-0.3, -0.25) is 0 Å². The van der Waals surface area contributed by atoms with Gasteiger partial charge in [0.1, 0.15) is 0 Å². The third-order valence-electron chi connectivity index (χ3n) is 3.25. The van der Waals surface area contributed by atoms with Crippen LogP contribution in [0.2, 0.25) is 0 Å². The van der Waals surface area contributed by atoms with Crippen LogP contribution in [0.1, 0.15) is 21.5 Å². The SMILES string of the molecule is Cc1ccc2nc(Nc3ccc(C(=O)O)c(C)c3)sc2c1. The standard InChI is InChI=1S/C16H14N2O2S/c1-9-3-6-13-14(7-9)21-16(18-13)17-11-4-5-12(15(19)20)10(2)8-11/h3-8H,1-2H3,(H,17,18)(H,19,20). The molecule has 4 nitrogen and oxygen atoms in total. The minimum Gasteiger partial charge on any atom is -0.478 e. The van der Waals surface area contributed by atoms with E-state index >= 15 is 0 Å². The van der Waals surface area contributed by atoms with Crippen molar-refractivity contribution in [2.75, 3.05) is 5.32 Å². The van der Waals surface area contributed by atoms with Gasteiger partial charge >= 0.3 is 5.97 Å². The molecule has 0 unspecified atom stereocenters. The summed E-state index contributed by atoms with van der Waals surface area (Å²) in [5.74, 6) is -0.908. The molecule has 3 aromatic rings. The van der Waals surface area contributed by atoms with E-state index in [1.807, 2.05) is 18.2 Å². The van der Waals surface area contributed by atoms with Crippen LogP contribution in [0.3, 0.4) is 0 Å². The van der Waals surface area contributed by atoms with Crippen molar-refractivity contribution in [1.82, 2.24) is 4.98 Å². The number of aryl methyl sites for hydroxylation is 2. The molecular weight excluding hydrogens is 284 g/mol. The molecule has 0 saturated heterocycles. The number of rotatable bonds is 3. The van der Waals surface area contributed by atoms with Crippen LogP contribution in [0.15, 0.2) is 36.4 Å². The quantitative estimate of drug-likeness (QED) is 0.754. The first-order valence-electron chi connectivity index (χ1n) is 6.51. The van der Waals surface area contributed by atoms with Gasteiger partial charge in [0.05, 0.1) is 15.8 Å². The molecule has 0 aliphatic rings. The molecule has 0 amide bonds. The lowest BCUT2D eigenvalue weighted by atomic mass is 10.1. The third-order valence-corrected chi connectivity index (χ3v) is 4.19. The van der Waals surface area contributed by atoms with Gasteiger partial charge < -0.3 is 10.4 Å². The van der Waals surface area contributed by atoms with E-state index in [4.69, 9.17) is 5.11 Å². The molecule has 0 aliphatic heterocycles. The van der Waals surface area contributed by atoms with Gasteiger partial charge in [0.2, 0.25) is 0 Å². The Morgan fingerprint density at radius 1 is 1.19 bits per heavy atom. The van der Waals surface area contributed by atoms with Crippen molar-refractivity contribution in [3.8, 4) is 0 Å². The predicted molar refractivity (Wildman–Crippen MR) is 85.8 cm³/mol. The van der Waals surface area contributed by atoms with E-state index in [0.717, 1.165) is 26.6 Å². The molecule has 2 aromatic carbocycles. The third kappa shape index (κ3) is 2.73. The number of hydrogen-bond acceptors (Lipinski definition) is 4.